The van der Waals surface area contributed by atoms with Crippen molar-refractivity contribution in [1.29, 1.82) is 0 Å². The molecule has 108 valence electrons. The Morgan fingerprint density at radius 1 is 0.944 bits per heavy atom. The van der Waals surface area contributed by atoms with Crippen molar-refractivity contribution in [2.45, 2.75) is 38.8 Å². The summed E-state index contributed by atoms with van der Waals surface area (Å²) in [6.45, 7) is 7.55. The van der Waals surface area contributed by atoms with Crippen LogP contribution in [0.1, 0.15) is 27.2 Å². The summed E-state index contributed by atoms with van der Waals surface area (Å²) in [5.74, 6) is 0. The first-order valence-electron chi connectivity index (χ1n) is 6.29. The average Bonchev–Trinajstić information content (AvgIpc) is 2.31. The minimum atomic E-state index is -1.51. The van der Waals surface area contributed by atoms with Crippen LogP contribution in [0.4, 0.5) is 0 Å². The van der Waals surface area contributed by atoms with E-state index < -0.39 is 49.3 Å². The maximum absolute atomic E-state index is 5.78. The first-order valence-corrected chi connectivity index (χ1v) is 12.7. The number of nitrogens with one attached hydrogen (secondary N) is 1. The zero-order valence-electron chi connectivity index (χ0n) is 11.6. The van der Waals surface area contributed by atoms with E-state index in [9.17, 15) is 0 Å². The van der Waals surface area contributed by atoms with Gasteiger partial charge < -0.3 is 25.9 Å². The molecule has 0 saturated carbocycles. The van der Waals surface area contributed by atoms with Gasteiger partial charge in [0.05, 0.1) is 0 Å². The van der Waals surface area contributed by atoms with Crippen molar-refractivity contribution in [2.75, 3.05) is 6.54 Å². The summed E-state index contributed by atoms with van der Waals surface area (Å²) in [5.41, 5.74) is 0.184. The van der Waals surface area contributed by atoms with Crippen molar-refractivity contribution in [3.63, 3.8) is 0 Å². The van der Waals surface area contributed by atoms with Gasteiger partial charge in [-0.05, 0) is 39.8 Å². The molecule has 0 aromatic carbocycles. The van der Waals surface area contributed by atoms with Gasteiger partial charge in [0, 0.05) is 5.54 Å². The van der Waals surface area contributed by atoms with Crippen molar-refractivity contribution in [3.8, 4) is 0 Å². The van der Waals surface area contributed by atoms with Gasteiger partial charge in [-0.2, -0.15) is 0 Å². The van der Waals surface area contributed by atoms with E-state index in [2.05, 4.69) is 26.1 Å². The molecule has 1 aliphatic heterocycles. The molecule has 1 saturated heterocycles. The lowest BCUT2D eigenvalue weighted by atomic mass is 10.1. The molecular weight excluding hydrogens is 319 g/mol. The predicted octanol–water partition coefficient (Wildman–Crippen LogP) is -2.92. The third-order valence-electron chi connectivity index (χ3n) is 2.28. The third kappa shape index (κ3) is 9.73. The van der Waals surface area contributed by atoms with E-state index in [-0.39, 0.29) is 5.54 Å². The zero-order chi connectivity index (χ0) is 13.3. The van der Waals surface area contributed by atoms with Crippen LogP contribution < -0.4 is 5.32 Å². The van der Waals surface area contributed by atoms with Gasteiger partial charge in [-0.1, -0.05) is 0 Å². The van der Waals surface area contributed by atoms with Gasteiger partial charge in [0.25, 0.3) is 40.0 Å². The molecule has 0 aromatic heterocycles. The number of rotatable bonds is 4. The summed E-state index contributed by atoms with van der Waals surface area (Å²) >= 11 is 0. The third-order valence-corrected chi connectivity index (χ3v) is 11.2. The minimum absolute atomic E-state index is 0.184. The molecule has 0 spiro atoms. The van der Waals surface area contributed by atoms with Gasteiger partial charge in [0.1, 0.15) is 0 Å². The van der Waals surface area contributed by atoms with Crippen molar-refractivity contribution >= 4 is 49.3 Å². The Hall–Kier alpha value is 0.844. The molecule has 1 aliphatic rings. The van der Waals surface area contributed by atoms with Crippen LogP contribution in [0.15, 0.2) is 0 Å². The van der Waals surface area contributed by atoms with Crippen LogP contribution in [-0.2, 0) is 20.6 Å². The molecule has 11 heteroatoms. The molecule has 0 aromatic rings. The van der Waals surface area contributed by atoms with Crippen LogP contribution in [0, 0.1) is 0 Å². The van der Waals surface area contributed by atoms with Gasteiger partial charge in [-0.25, -0.2) is 0 Å². The van der Waals surface area contributed by atoms with Gasteiger partial charge in [0.15, 0.2) is 0 Å². The smallest absolute Gasteiger partial charge is 0.303 e. The summed E-state index contributed by atoms with van der Waals surface area (Å²) in [7, 11) is -4.82. The molecule has 1 rings (SSSR count). The Labute approximate surface area is 121 Å². The Balaban J connectivity index is 2.13. The first-order chi connectivity index (χ1) is 8.58. The predicted molar refractivity (Wildman–Crippen MR) is 83.9 cm³/mol. The Morgan fingerprint density at radius 3 is 2.06 bits per heavy atom. The maximum atomic E-state index is 5.78. The van der Waals surface area contributed by atoms with Crippen molar-refractivity contribution < 1.29 is 20.6 Å². The molecule has 0 aliphatic carbocycles. The van der Waals surface area contributed by atoms with Gasteiger partial charge in [-0.15, -0.1) is 0 Å². The second kappa shape index (κ2) is 9.70. The largest absolute Gasteiger partial charge is 0.425 e. The van der Waals surface area contributed by atoms with Crippen molar-refractivity contribution in [1.82, 2.24) is 5.32 Å². The van der Waals surface area contributed by atoms with Crippen LogP contribution in [0.25, 0.3) is 0 Å². The summed E-state index contributed by atoms with van der Waals surface area (Å²) in [6, 6.07) is 1.04. The normalized spacial score (nSPS) is 29.2. The monoisotopic (exact) mass is 343 g/mol. The van der Waals surface area contributed by atoms with Crippen molar-refractivity contribution in [2.24, 2.45) is 0 Å². The summed E-state index contributed by atoms with van der Waals surface area (Å²) < 4.78 is 27.8. The molecule has 0 atom stereocenters. The highest BCUT2D eigenvalue weighted by molar-refractivity contribution is 6.59. The lowest BCUT2D eigenvalue weighted by Gasteiger charge is -2.22. The highest BCUT2D eigenvalue weighted by Crippen LogP contribution is 2.03. The fraction of sp³-hybridized carbons (Fsp3) is 1.00. The first kappa shape index (κ1) is 16.9. The van der Waals surface area contributed by atoms with E-state index >= 15 is 0 Å². The topological polar surface area (TPSA) is 58.2 Å². The standard InChI is InChI=1S/C7H25NO5Si5/c1-7(2,3)8-5-4-6-18-12-16-10-14-9-15-11-17-13-18/h8,18H,4-6,14-17H2,1-3H3. The summed E-state index contributed by atoms with van der Waals surface area (Å²) in [4.78, 5) is 0. The van der Waals surface area contributed by atoms with Crippen LogP contribution >= 0.6 is 0 Å². The lowest BCUT2D eigenvalue weighted by Crippen LogP contribution is -2.37. The van der Waals surface area contributed by atoms with Crippen LogP contribution in [0.5, 0.6) is 0 Å². The van der Waals surface area contributed by atoms with Crippen molar-refractivity contribution in [3.05, 3.63) is 0 Å². The fourth-order valence-corrected chi connectivity index (χ4v) is 12.1. The molecule has 1 heterocycles. The van der Waals surface area contributed by atoms with E-state index in [1.54, 1.807) is 0 Å². The zero-order valence-corrected chi connectivity index (χ0v) is 18.4. The molecular formula is C7H25NO5Si5. The van der Waals surface area contributed by atoms with Crippen LogP contribution in [0.2, 0.25) is 6.04 Å². The molecule has 1 fully saturated rings. The highest BCUT2D eigenvalue weighted by Gasteiger charge is 2.15. The second-order valence-electron chi connectivity index (χ2n) is 5.17. The number of hydrogen-bond acceptors (Lipinski definition) is 6. The van der Waals surface area contributed by atoms with E-state index in [1.807, 2.05) is 0 Å². The highest BCUT2D eigenvalue weighted by atomic mass is 28.4. The maximum Gasteiger partial charge on any atom is 0.303 e. The van der Waals surface area contributed by atoms with Gasteiger partial charge in [0.2, 0.25) is 0 Å². The van der Waals surface area contributed by atoms with E-state index in [0.29, 0.717) is 0 Å². The minimum Gasteiger partial charge on any atom is -0.425 e. The molecule has 18 heavy (non-hydrogen) atoms. The molecule has 0 unspecified atom stereocenters. The van der Waals surface area contributed by atoms with E-state index in [4.69, 9.17) is 20.6 Å². The Bertz CT molecular complexity index is 209. The van der Waals surface area contributed by atoms with Crippen LogP contribution in [-0.4, -0.2) is 61.4 Å². The van der Waals surface area contributed by atoms with E-state index in [1.165, 1.54) is 0 Å². The quantitative estimate of drug-likeness (QED) is 0.436. The van der Waals surface area contributed by atoms with Gasteiger partial charge in [-0.3, -0.25) is 0 Å². The Morgan fingerprint density at radius 2 is 1.50 bits per heavy atom. The number of hydrogen-bond donors (Lipinski definition) is 1. The molecule has 1 N–H and O–H groups in total. The Kier molecular flexibility index (Phi) is 9.11. The molecule has 6 nitrogen and oxygen atoms in total. The lowest BCUT2D eigenvalue weighted by molar-refractivity contribution is 0.329. The molecule has 0 amide bonds. The SMILES string of the molecule is CC(C)(C)NCCC[SiH]1O[SiH2]O[SiH2]O[SiH2]O[SiH2]O1. The van der Waals surface area contributed by atoms with Crippen LogP contribution in [0.3, 0.4) is 0 Å². The van der Waals surface area contributed by atoms with Gasteiger partial charge >= 0.3 is 9.28 Å². The summed E-state index contributed by atoms with van der Waals surface area (Å²) in [6.07, 6.45) is 1.10. The molecule has 0 radical (unpaired) electrons. The second-order valence-corrected chi connectivity index (χ2v) is 15.1. The average molecular weight is 344 g/mol. The summed E-state index contributed by atoms with van der Waals surface area (Å²) in [5, 5.41) is 3.48. The van der Waals surface area contributed by atoms with E-state index in [0.717, 1.165) is 19.0 Å². The fourth-order valence-electron chi connectivity index (χ4n) is 1.41. The molecule has 0 bridgehead atoms.